The fourth-order valence-corrected chi connectivity index (χ4v) is 7.80. The quantitative estimate of drug-likeness (QED) is 0.196. The first-order valence-electron chi connectivity index (χ1n) is 16.1. The van der Waals surface area contributed by atoms with E-state index >= 15 is 0 Å². The van der Waals surface area contributed by atoms with Crippen molar-refractivity contribution in [3.05, 3.63) is 157 Å². The Labute approximate surface area is 280 Å². The van der Waals surface area contributed by atoms with Crippen LogP contribution >= 0.6 is 0 Å². The summed E-state index contributed by atoms with van der Waals surface area (Å²) in [7, 11) is 0. The van der Waals surface area contributed by atoms with Crippen molar-refractivity contribution in [3.63, 3.8) is 0 Å². The molecule has 0 fully saturated rings. The van der Waals surface area contributed by atoms with Gasteiger partial charge in [0.1, 0.15) is 17.2 Å². The molecule has 3 heterocycles. The number of para-hydroxylation sites is 4. The number of nitriles is 2. The van der Waals surface area contributed by atoms with Crippen molar-refractivity contribution >= 4 is 65.6 Å². The highest BCUT2D eigenvalue weighted by Gasteiger charge is 2.23. The van der Waals surface area contributed by atoms with Gasteiger partial charge in [-0.1, -0.05) is 84.9 Å². The normalized spacial score (nSPS) is 11.6. The van der Waals surface area contributed by atoms with Crippen molar-refractivity contribution in [1.82, 2.24) is 9.13 Å². The molecule has 0 aliphatic carbocycles. The van der Waals surface area contributed by atoms with Gasteiger partial charge in [-0.2, -0.15) is 10.5 Å². The number of furan rings is 1. The van der Waals surface area contributed by atoms with E-state index < -0.39 is 0 Å². The highest BCUT2D eigenvalue weighted by molar-refractivity contribution is 6.24. The van der Waals surface area contributed by atoms with Crippen molar-refractivity contribution in [1.29, 1.82) is 10.5 Å². The van der Waals surface area contributed by atoms with Crippen LogP contribution in [0.3, 0.4) is 0 Å². The maximum absolute atomic E-state index is 10.6. The molecular weight excluding hydrogens is 601 g/mol. The molecule has 10 aromatic rings. The van der Waals surface area contributed by atoms with Gasteiger partial charge in [0, 0.05) is 38.2 Å². The van der Waals surface area contributed by atoms with Gasteiger partial charge in [0.2, 0.25) is 0 Å². The maximum atomic E-state index is 10.6. The third-order valence-electron chi connectivity index (χ3n) is 9.79. The average Bonchev–Trinajstić information content (AvgIpc) is 3.82. The zero-order chi connectivity index (χ0) is 32.6. The number of benzene rings is 7. The number of hydrogen-bond acceptors (Lipinski definition) is 3. The van der Waals surface area contributed by atoms with Gasteiger partial charge in [0.25, 0.3) is 0 Å². The van der Waals surface area contributed by atoms with Crippen molar-refractivity contribution < 1.29 is 4.42 Å². The first-order chi connectivity index (χ1) is 24.2. The van der Waals surface area contributed by atoms with E-state index in [0.29, 0.717) is 16.8 Å². The van der Waals surface area contributed by atoms with Gasteiger partial charge in [-0.3, -0.25) is 0 Å². The molecule has 0 saturated heterocycles. The van der Waals surface area contributed by atoms with Crippen molar-refractivity contribution in [3.8, 4) is 34.6 Å². The van der Waals surface area contributed by atoms with E-state index in [0.717, 1.165) is 82.4 Å². The van der Waals surface area contributed by atoms with Gasteiger partial charge < -0.3 is 13.6 Å². The summed E-state index contributed by atoms with van der Waals surface area (Å²) in [6, 6.07) is 54.1. The molecule has 0 N–H and O–H groups in total. The number of nitrogens with zero attached hydrogens (tertiary/aromatic N) is 4. The van der Waals surface area contributed by atoms with Crippen LogP contribution in [0.4, 0.5) is 0 Å². The smallest absolute Gasteiger partial charge is 0.137 e. The van der Waals surface area contributed by atoms with Crippen LogP contribution in [0.25, 0.3) is 88.1 Å². The van der Waals surface area contributed by atoms with Crippen LogP contribution < -0.4 is 0 Å². The van der Waals surface area contributed by atoms with Crippen LogP contribution in [0.5, 0.6) is 0 Å². The molecule has 7 aromatic carbocycles. The molecule has 0 unspecified atom stereocenters. The lowest BCUT2D eigenvalue weighted by atomic mass is 9.94. The summed E-state index contributed by atoms with van der Waals surface area (Å²) in [5.41, 5.74) is 9.96. The molecule has 0 saturated carbocycles. The third-order valence-corrected chi connectivity index (χ3v) is 9.79. The van der Waals surface area contributed by atoms with Crippen LogP contribution in [0.1, 0.15) is 11.1 Å². The van der Waals surface area contributed by atoms with Gasteiger partial charge in [0.05, 0.1) is 50.3 Å². The van der Waals surface area contributed by atoms with Crippen LogP contribution in [0.2, 0.25) is 0 Å². The lowest BCUT2D eigenvalue weighted by Crippen LogP contribution is -2.03. The molecule has 10 rings (SSSR count). The molecule has 0 aliphatic heterocycles. The number of aromatic nitrogens is 2. The summed E-state index contributed by atoms with van der Waals surface area (Å²) in [5.74, 6) is 0. The SMILES string of the molecule is N#Cc1ccc(C#N)c(-n2c3ccccc3c3ccccc32)c1-c1cccc(-n2c3ccccc3c3ccc4oc5ccccc5c4c32)c1. The predicted octanol–water partition coefficient (Wildman–Crippen LogP) is 11.2. The topological polar surface area (TPSA) is 70.6 Å². The molecule has 0 amide bonds. The summed E-state index contributed by atoms with van der Waals surface area (Å²) in [4.78, 5) is 0. The maximum Gasteiger partial charge on any atom is 0.137 e. The fourth-order valence-electron chi connectivity index (χ4n) is 7.80. The Hall–Kier alpha value is -7.08. The summed E-state index contributed by atoms with van der Waals surface area (Å²) < 4.78 is 10.8. The van der Waals surface area contributed by atoms with Gasteiger partial charge in [-0.15, -0.1) is 0 Å². The molecule has 0 atom stereocenters. The Morgan fingerprint density at radius 2 is 1.06 bits per heavy atom. The molecule has 5 heteroatoms. The van der Waals surface area contributed by atoms with Crippen molar-refractivity contribution in [2.45, 2.75) is 0 Å². The summed E-state index contributed by atoms with van der Waals surface area (Å²) >= 11 is 0. The van der Waals surface area contributed by atoms with E-state index in [-0.39, 0.29) is 0 Å². The zero-order valence-corrected chi connectivity index (χ0v) is 26.1. The van der Waals surface area contributed by atoms with Crippen LogP contribution in [-0.2, 0) is 0 Å². The zero-order valence-electron chi connectivity index (χ0n) is 26.1. The van der Waals surface area contributed by atoms with E-state index in [1.54, 1.807) is 12.1 Å². The first-order valence-corrected chi connectivity index (χ1v) is 16.1. The first kappa shape index (κ1) is 27.1. The second-order valence-electron chi connectivity index (χ2n) is 12.3. The Bertz CT molecular complexity index is 3030. The number of fused-ring (bicyclic) bond motifs is 10. The predicted molar refractivity (Wildman–Crippen MR) is 197 cm³/mol. The van der Waals surface area contributed by atoms with Crippen LogP contribution in [0.15, 0.2) is 150 Å². The minimum atomic E-state index is 0.495. The lowest BCUT2D eigenvalue weighted by Gasteiger charge is -2.18. The second kappa shape index (κ2) is 10.2. The minimum absolute atomic E-state index is 0.495. The van der Waals surface area contributed by atoms with Gasteiger partial charge >= 0.3 is 0 Å². The highest BCUT2D eigenvalue weighted by atomic mass is 16.3. The van der Waals surface area contributed by atoms with E-state index in [2.05, 4.69) is 100 Å². The highest BCUT2D eigenvalue weighted by Crippen LogP contribution is 2.43. The Morgan fingerprint density at radius 1 is 0.469 bits per heavy atom. The molecule has 49 heavy (non-hydrogen) atoms. The average molecular weight is 625 g/mol. The standard InChI is InChI=1S/C44H24N4O/c45-25-28-20-21-29(26-46)43(48-37-17-6-1-12-31(37)32-13-2-7-18-38(32)48)41(28)27-10-9-11-30(24-27)47-36-16-5-3-14-33(36)34-22-23-40-42(44(34)47)35-15-4-8-19-39(35)49-40/h1-24H. The van der Waals surface area contributed by atoms with Gasteiger partial charge in [-0.25, -0.2) is 0 Å². The van der Waals surface area contributed by atoms with E-state index in [9.17, 15) is 10.5 Å². The summed E-state index contributed by atoms with van der Waals surface area (Å²) in [5, 5.41) is 27.7. The Morgan fingerprint density at radius 3 is 1.76 bits per heavy atom. The van der Waals surface area contributed by atoms with Crippen molar-refractivity contribution in [2.75, 3.05) is 0 Å². The Balaban J connectivity index is 1.32. The monoisotopic (exact) mass is 624 g/mol. The molecule has 0 bridgehead atoms. The molecule has 226 valence electrons. The third kappa shape index (κ3) is 3.73. The fraction of sp³-hybridized carbons (Fsp3) is 0. The molecule has 3 aromatic heterocycles. The largest absolute Gasteiger partial charge is 0.456 e. The van der Waals surface area contributed by atoms with Crippen molar-refractivity contribution in [2.24, 2.45) is 0 Å². The van der Waals surface area contributed by atoms with Crippen LogP contribution in [-0.4, -0.2) is 9.13 Å². The molecule has 5 nitrogen and oxygen atoms in total. The second-order valence-corrected chi connectivity index (χ2v) is 12.3. The van der Waals surface area contributed by atoms with Crippen LogP contribution in [0, 0.1) is 22.7 Å². The molecular formula is C44H24N4O. The summed E-state index contributed by atoms with van der Waals surface area (Å²) in [6.45, 7) is 0. The van der Waals surface area contributed by atoms with E-state index in [1.165, 1.54) is 0 Å². The minimum Gasteiger partial charge on any atom is -0.456 e. The van der Waals surface area contributed by atoms with Gasteiger partial charge in [-0.05, 0) is 66.2 Å². The van der Waals surface area contributed by atoms with Gasteiger partial charge in [0.15, 0.2) is 0 Å². The summed E-state index contributed by atoms with van der Waals surface area (Å²) in [6.07, 6.45) is 0. The number of rotatable bonds is 3. The molecule has 0 spiro atoms. The molecule has 0 aliphatic rings. The Kier molecular flexibility index (Phi) is 5.64. The van der Waals surface area contributed by atoms with E-state index in [1.807, 2.05) is 54.6 Å². The molecule has 0 radical (unpaired) electrons. The number of hydrogen-bond donors (Lipinski definition) is 0. The van der Waals surface area contributed by atoms with E-state index in [4.69, 9.17) is 4.42 Å². The lowest BCUT2D eigenvalue weighted by molar-refractivity contribution is 0.669.